The van der Waals surface area contributed by atoms with Gasteiger partial charge in [0.25, 0.3) is 5.91 Å². The molecule has 1 aliphatic rings. The normalized spacial score (nSPS) is 17.7. The minimum atomic E-state index is -2.69. The molecule has 2 heterocycles. The van der Waals surface area contributed by atoms with Gasteiger partial charge in [-0.3, -0.25) is 10.1 Å². The molecule has 1 saturated heterocycles. The van der Waals surface area contributed by atoms with Crippen molar-refractivity contribution in [1.82, 2.24) is 20.4 Å². The Morgan fingerprint density at radius 2 is 1.91 bits per heavy atom. The number of amides is 3. The van der Waals surface area contributed by atoms with Crippen LogP contribution >= 0.6 is 0 Å². The molecule has 0 spiro atoms. The number of alkyl halides is 2. The van der Waals surface area contributed by atoms with Gasteiger partial charge in [0.05, 0.1) is 5.69 Å². The molecule has 2 aromatic rings. The van der Waals surface area contributed by atoms with Gasteiger partial charge in [0.1, 0.15) is 6.04 Å². The highest BCUT2D eigenvalue weighted by atomic mass is 19.3. The van der Waals surface area contributed by atoms with Gasteiger partial charge in [-0.25, -0.2) is 9.48 Å². The molecule has 0 bridgehead atoms. The quantitative estimate of drug-likeness (QED) is 0.853. The molecule has 8 heteroatoms. The molecule has 3 rings (SSSR count). The van der Waals surface area contributed by atoms with Gasteiger partial charge in [0, 0.05) is 11.8 Å². The third kappa shape index (κ3) is 2.43. The van der Waals surface area contributed by atoms with Crippen LogP contribution in [0.4, 0.5) is 13.6 Å². The number of carbonyl (C=O) groups is 2. The van der Waals surface area contributed by atoms with Gasteiger partial charge < -0.3 is 5.32 Å². The summed E-state index contributed by atoms with van der Waals surface area (Å²) in [5, 5.41) is 8.40. The van der Waals surface area contributed by atoms with E-state index in [1.165, 1.54) is 6.20 Å². The second kappa shape index (κ2) is 5.21. The Morgan fingerprint density at radius 3 is 2.41 bits per heavy atom. The number of benzene rings is 1. The number of nitrogens with one attached hydrogen (secondary N) is 2. The average molecular weight is 306 g/mol. The van der Waals surface area contributed by atoms with Gasteiger partial charge in [-0.2, -0.15) is 13.9 Å². The van der Waals surface area contributed by atoms with Gasteiger partial charge >= 0.3 is 12.6 Å². The summed E-state index contributed by atoms with van der Waals surface area (Å²) in [6.45, 7) is -1.05. The Morgan fingerprint density at radius 1 is 1.23 bits per heavy atom. The van der Waals surface area contributed by atoms with Crippen LogP contribution in [0, 0.1) is 6.92 Å². The van der Waals surface area contributed by atoms with Crippen molar-refractivity contribution < 1.29 is 18.4 Å². The van der Waals surface area contributed by atoms with Crippen LogP contribution in [0.2, 0.25) is 0 Å². The zero-order valence-corrected chi connectivity index (χ0v) is 11.5. The fourth-order valence-corrected chi connectivity index (χ4v) is 2.37. The largest absolute Gasteiger partial charge is 0.333 e. The summed E-state index contributed by atoms with van der Waals surface area (Å²) in [5.41, 5.74) is 2.40. The van der Waals surface area contributed by atoms with E-state index in [4.69, 9.17) is 0 Å². The molecule has 0 aliphatic carbocycles. The molecule has 1 fully saturated rings. The van der Waals surface area contributed by atoms with Crippen LogP contribution in [0.25, 0.3) is 11.1 Å². The zero-order chi connectivity index (χ0) is 15.9. The fourth-order valence-electron chi connectivity index (χ4n) is 2.37. The summed E-state index contributed by atoms with van der Waals surface area (Å²) >= 11 is 0. The van der Waals surface area contributed by atoms with Crippen LogP contribution in [-0.2, 0) is 4.79 Å². The van der Waals surface area contributed by atoms with E-state index in [1.54, 1.807) is 31.2 Å². The van der Waals surface area contributed by atoms with E-state index in [2.05, 4.69) is 15.7 Å². The Balaban J connectivity index is 1.88. The van der Waals surface area contributed by atoms with Gasteiger partial charge in [-0.05, 0) is 18.1 Å². The first-order valence-electron chi connectivity index (χ1n) is 6.51. The number of aryl methyl sites for hydroxylation is 1. The Bertz CT molecular complexity index is 740. The smallest absolute Gasteiger partial charge is 0.322 e. The van der Waals surface area contributed by atoms with E-state index in [-0.39, 0.29) is 0 Å². The molecule has 1 atom stereocenters. The summed E-state index contributed by atoms with van der Waals surface area (Å²) < 4.78 is 25.9. The molecule has 3 amide bonds. The van der Waals surface area contributed by atoms with Crippen molar-refractivity contribution in [2.24, 2.45) is 0 Å². The number of aromatic nitrogens is 2. The van der Waals surface area contributed by atoms with Crippen molar-refractivity contribution in [2.45, 2.75) is 19.5 Å². The number of carbonyl (C=O) groups excluding carboxylic acids is 2. The van der Waals surface area contributed by atoms with Crippen molar-refractivity contribution in [3.63, 3.8) is 0 Å². The molecule has 0 radical (unpaired) electrons. The molecule has 1 aromatic carbocycles. The third-order valence-corrected chi connectivity index (χ3v) is 3.45. The standard InChI is InChI=1S/C14H12F2N4O2/c1-7-10(6-20(19-7)13(15)16)8-2-4-9(5-3-8)11-12(21)18-14(22)17-11/h2-6,11,13H,1H3,(H2,17,18,21,22). The number of rotatable bonds is 3. The predicted molar refractivity (Wildman–Crippen MR) is 73.1 cm³/mol. The minimum Gasteiger partial charge on any atom is -0.322 e. The lowest BCUT2D eigenvalue weighted by molar-refractivity contribution is -0.120. The van der Waals surface area contributed by atoms with E-state index >= 15 is 0 Å². The number of nitrogens with zero attached hydrogens (tertiary/aromatic N) is 2. The van der Waals surface area contributed by atoms with Crippen LogP contribution in [0.3, 0.4) is 0 Å². The summed E-state index contributed by atoms with van der Waals surface area (Å²) in [6, 6.07) is 5.48. The summed E-state index contributed by atoms with van der Waals surface area (Å²) in [7, 11) is 0. The molecule has 114 valence electrons. The summed E-state index contributed by atoms with van der Waals surface area (Å²) in [5.74, 6) is -0.417. The first-order chi connectivity index (χ1) is 10.5. The zero-order valence-electron chi connectivity index (χ0n) is 11.5. The van der Waals surface area contributed by atoms with Crippen LogP contribution < -0.4 is 10.6 Å². The molecule has 1 aromatic heterocycles. The van der Waals surface area contributed by atoms with E-state index in [0.717, 1.165) is 0 Å². The number of urea groups is 1. The summed E-state index contributed by atoms with van der Waals surface area (Å²) in [6.07, 6.45) is 1.28. The van der Waals surface area contributed by atoms with E-state index in [9.17, 15) is 18.4 Å². The van der Waals surface area contributed by atoms with Gasteiger partial charge in [-0.1, -0.05) is 24.3 Å². The van der Waals surface area contributed by atoms with Gasteiger partial charge in [0.2, 0.25) is 0 Å². The van der Waals surface area contributed by atoms with Gasteiger partial charge in [0.15, 0.2) is 0 Å². The Hall–Kier alpha value is -2.77. The number of imide groups is 1. The molecule has 1 aliphatic heterocycles. The lowest BCUT2D eigenvalue weighted by atomic mass is 10.0. The highest BCUT2D eigenvalue weighted by molar-refractivity contribution is 6.04. The third-order valence-electron chi connectivity index (χ3n) is 3.45. The van der Waals surface area contributed by atoms with E-state index < -0.39 is 24.5 Å². The molecule has 1 unspecified atom stereocenters. The number of hydrogen-bond acceptors (Lipinski definition) is 3. The predicted octanol–water partition coefficient (Wildman–Crippen LogP) is 2.13. The second-order valence-electron chi connectivity index (χ2n) is 4.90. The van der Waals surface area contributed by atoms with Crippen molar-refractivity contribution in [3.05, 3.63) is 41.7 Å². The average Bonchev–Trinajstić information content (AvgIpc) is 3.02. The maximum Gasteiger partial charge on any atom is 0.333 e. The first-order valence-corrected chi connectivity index (χ1v) is 6.51. The Kier molecular flexibility index (Phi) is 3.36. The summed E-state index contributed by atoms with van der Waals surface area (Å²) in [4.78, 5) is 22.7. The Labute approximate surface area is 124 Å². The number of hydrogen-bond donors (Lipinski definition) is 2. The topological polar surface area (TPSA) is 76.0 Å². The molecular weight excluding hydrogens is 294 g/mol. The molecule has 22 heavy (non-hydrogen) atoms. The van der Waals surface area contributed by atoms with Crippen molar-refractivity contribution in [1.29, 1.82) is 0 Å². The van der Waals surface area contributed by atoms with Crippen molar-refractivity contribution >= 4 is 11.9 Å². The van der Waals surface area contributed by atoms with E-state index in [0.29, 0.717) is 27.1 Å². The number of halogens is 2. The highest BCUT2D eigenvalue weighted by Crippen LogP contribution is 2.26. The SMILES string of the molecule is Cc1nn(C(F)F)cc1-c1ccc(C2NC(=O)NC2=O)cc1. The monoisotopic (exact) mass is 306 g/mol. The maximum atomic E-state index is 12.6. The molecule has 2 N–H and O–H groups in total. The van der Waals surface area contributed by atoms with E-state index in [1.807, 2.05) is 0 Å². The highest BCUT2D eigenvalue weighted by Gasteiger charge is 2.30. The van der Waals surface area contributed by atoms with Crippen molar-refractivity contribution in [3.8, 4) is 11.1 Å². The minimum absolute atomic E-state index is 0.417. The molecular formula is C14H12F2N4O2. The van der Waals surface area contributed by atoms with Crippen LogP contribution in [-0.4, -0.2) is 21.7 Å². The lowest BCUT2D eigenvalue weighted by Crippen LogP contribution is -2.22. The maximum absolute atomic E-state index is 12.6. The molecule has 6 nitrogen and oxygen atoms in total. The van der Waals surface area contributed by atoms with Crippen molar-refractivity contribution in [2.75, 3.05) is 0 Å². The van der Waals surface area contributed by atoms with Crippen LogP contribution in [0.1, 0.15) is 23.8 Å². The van der Waals surface area contributed by atoms with Gasteiger partial charge in [-0.15, -0.1) is 0 Å². The lowest BCUT2D eigenvalue weighted by Gasteiger charge is -2.08. The fraction of sp³-hybridized carbons (Fsp3) is 0.214. The van der Waals surface area contributed by atoms with Crippen LogP contribution in [0.15, 0.2) is 30.5 Å². The second-order valence-corrected chi connectivity index (χ2v) is 4.90. The van der Waals surface area contributed by atoms with Crippen LogP contribution in [0.5, 0.6) is 0 Å². The molecule has 0 saturated carbocycles. The first kappa shape index (κ1) is 14.2.